The Morgan fingerprint density at radius 2 is 1.58 bits per heavy atom. The monoisotopic (exact) mass is 330 g/mol. The molecule has 0 bridgehead atoms. The minimum Gasteiger partial charge on any atom is -0.324 e. The summed E-state index contributed by atoms with van der Waals surface area (Å²) in [5, 5.41) is 4.97. The molecule has 2 N–H and O–H groups in total. The van der Waals surface area contributed by atoms with Crippen molar-refractivity contribution in [3.05, 3.63) is 59.7 Å². The zero-order chi connectivity index (χ0) is 17.3. The van der Waals surface area contributed by atoms with Gasteiger partial charge in [-0.15, -0.1) is 0 Å². The number of hydrogen-bond donors (Lipinski definition) is 2. The van der Waals surface area contributed by atoms with Crippen LogP contribution in [-0.4, -0.2) is 11.8 Å². The van der Waals surface area contributed by atoms with Crippen molar-refractivity contribution in [2.45, 2.75) is 19.3 Å². The van der Waals surface area contributed by atoms with Crippen molar-refractivity contribution in [1.82, 2.24) is 0 Å². The van der Waals surface area contributed by atoms with Crippen LogP contribution in [0.1, 0.15) is 24.8 Å². The Balaban J connectivity index is 1.75. The highest BCUT2D eigenvalue weighted by atomic mass is 19.2. The first kappa shape index (κ1) is 16.1. The molecule has 2 amide bonds. The Bertz CT molecular complexity index is 793. The molecule has 4 nitrogen and oxygen atoms in total. The molecule has 2 aromatic rings. The highest BCUT2D eigenvalue weighted by molar-refractivity contribution is 6.01. The molecule has 2 unspecified atom stereocenters. The number of nitrogens with one attached hydrogen (secondary N) is 2. The fourth-order valence-electron chi connectivity index (χ4n) is 2.72. The standard InChI is InChI=1S/C18H16F2N2O2/c1-10(23)21-16-8-14(19)15(20)9-17(16)22-18(24)13-7-12(13)11-5-3-2-4-6-11/h2-6,8-9,12-13H,7H2,1H3,(H,21,23)(H,22,24). The van der Waals surface area contributed by atoms with Gasteiger partial charge in [-0.05, 0) is 17.9 Å². The highest BCUT2D eigenvalue weighted by Gasteiger charge is 2.44. The van der Waals surface area contributed by atoms with E-state index in [0.717, 1.165) is 17.7 Å². The van der Waals surface area contributed by atoms with E-state index in [4.69, 9.17) is 0 Å². The van der Waals surface area contributed by atoms with Gasteiger partial charge in [-0.1, -0.05) is 30.3 Å². The van der Waals surface area contributed by atoms with Crippen LogP contribution in [0.3, 0.4) is 0 Å². The molecule has 0 saturated heterocycles. The molecule has 1 aliphatic carbocycles. The van der Waals surface area contributed by atoms with Crippen LogP contribution in [0.15, 0.2) is 42.5 Å². The fraction of sp³-hybridized carbons (Fsp3) is 0.222. The fourth-order valence-corrected chi connectivity index (χ4v) is 2.72. The number of halogens is 2. The first-order chi connectivity index (χ1) is 11.5. The van der Waals surface area contributed by atoms with Crippen molar-refractivity contribution < 1.29 is 18.4 Å². The molecule has 0 heterocycles. The molecule has 3 rings (SSSR count). The topological polar surface area (TPSA) is 58.2 Å². The van der Waals surface area contributed by atoms with Gasteiger partial charge in [0.15, 0.2) is 11.6 Å². The molecule has 0 aromatic heterocycles. The Morgan fingerprint density at radius 1 is 1.00 bits per heavy atom. The maximum Gasteiger partial charge on any atom is 0.228 e. The van der Waals surface area contributed by atoms with Crippen molar-refractivity contribution in [1.29, 1.82) is 0 Å². The first-order valence-corrected chi connectivity index (χ1v) is 7.58. The minimum atomic E-state index is -1.09. The van der Waals surface area contributed by atoms with E-state index in [9.17, 15) is 18.4 Å². The summed E-state index contributed by atoms with van der Waals surface area (Å²) in [6.45, 7) is 1.25. The summed E-state index contributed by atoms with van der Waals surface area (Å²) in [5.41, 5.74) is 1.16. The summed E-state index contributed by atoms with van der Waals surface area (Å²) in [4.78, 5) is 23.5. The third-order valence-corrected chi connectivity index (χ3v) is 3.98. The molecule has 0 radical (unpaired) electrons. The third-order valence-electron chi connectivity index (χ3n) is 3.98. The van der Waals surface area contributed by atoms with Crippen molar-refractivity contribution in [2.24, 2.45) is 5.92 Å². The van der Waals surface area contributed by atoms with Crippen molar-refractivity contribution in [2.75, 3.05) is 10.6 Å². The smallest absolute Gasteiger partial charge is 0.228 e. The Kier molecular flexibility index (Phi) is 4.29. The van der Waals surface area contributed by atoms with Crippen molar-refractivity contribution in [3.8, 4) is 0 Å². The average Bonchev–Trinajstić information content (AvgIpc) is 3.33. The second-order valence-electron chi connectivity index (χ2n) is 5.84. The molecule has 2 aromatic carbocycles. The Morgan fingerprint density at radius 3 is 2.17 bits per heavy atom. The molecule has 24 heavy (non-hydrogen) atoms. The lowest BCUT2D eigenvalue weighted by atomic mass is 10.1. The average molecular weight is 330 g/mol. The van der Waals surface area contributed by atoms with E-state index in [0.29, 0.717) is 6.42 Å². The van der Waals surface area contributed by atoms with Gasteiger partial charge in [-0.2, -0.15) is 0 Å². The molecule has 2 atom stereocenters. The SMILES string of the molecule is CC(=O)Nc1cc(F)c(F)cc1NC(=O)C1CC1c1ccccc1. The van der Waals surface area contributed by atoms with Gasteiger partial charge < -0.3 is 10.6 Å². The van der Waals surface area contributed by atoms with Gasteiger partial charge in [0.25, 0.3) is 0 Å². The second-order valence-corrected chi connectivity index (χ2v) is 5.84. The van der Waals surface area contributed by atoms with Gasteiger partial charge in [-0.3, -0.25) is 9.59 Å². The zero-order valence-corrected chi connectivity index (χ0v) is 13.0. The summed E-state index contributed by atoms with van der Waals surface area (Å²) in [5.74, 6) is -2.99. The lowest BCUT2D eigenvalue weighted by molar-refractivity contribution is -0.117. The lowest BCUT2D eigenvalue weighted by Crippen LogP contribution is -2.17. The summed E-state index contributed by atoms with van der Waals surface area (Å²) in [6, 6.07) is 11.4. The van der Waals surface area contributed by atoms with E-state index in [1.807, 2.05) is 30.3 Å². The van der Waals surface area contributed by atoms with E-state index in [1.165, 1.54) is 6.92 Å². The van der Waals surface area contributed by atoms with Gasteiger partial charge >= 0.3 is 0 Å². The molecule has 0 spiro atoms. The zero-order valence-electron chi connectivity index (χ0n) is 13.0. The van der Waals surface area contributed by atoms with Crippen LogP contribution in [-0.2, 0) is 9.59 Å². The van der Waals surface area contributed by atoms with E-state index in [2.05, 4.69) is 10.6 Å². The van der Waals surface area contributed by atoms with E-state index >= 15 is 0 Å². The highest BCUT2D eigenvalue weighted by Crippen LogP contribution is 2.48. The minimum absolute atomic E-state index is 0.0339. The molecule has 1 aliphatic rings. The summed E-state index contributed by atoms with van der Waals surface area (Å²) in [6.07, 6.45) is 0.703. The predicted octanol–water partition coefficient (Wildman–Crippen LogP) is 3.67. The van der Waals surface area contributed by atoms with Crippen LogP contribution in [0.2, 0.25) is 0 Å². The number of hydrogen-bond acceptors (Lipinski definition) is 2. The van der Waals surface area contributed by atoms with Crippen LogP contribution in [0.25, 0.3) is 0 Å². The molecular weight excluding hydrogens is 314 g/mol. The van der Waals surface area contributed by atoms with Gasteiger partial charge in [0, 0.05) is 25.0 Å². The van der Waals surface area contributed by atoms with Crippen molar-refractivity contribution >= 4 is 23.2 Å². The quantitative estimate of drug-likeness (QED) is 0.899. The Hall–Kier alpha value is -2.76. The molecule has 6 heteroatoms. The van der Waals surface area contributed by atoms with Crippen LogP contribution < -0.4 is 10.6 Å². The van der Waals surface area contributed by atoms with E-state index < -0.39 is 17.5 Å². The largest absolute Gasteiger partial charge is 0.324 e. The molecule has 0 aliphatic heterocycles. The third kappa shape index (κ3) is 3.42. The van der Waals surface area contributed by atoms with E-state index in [-0.39, 0.29) is 29.1 Å². The van der Waals surface area contributed by atoms with Gasteiger partial charge in [0.1, 0.15) is 0 Å². The summed E-state index contributed by atoms with van der Waals surface area (Å²) in [7, 11) is 0. The van der Waals surface area contributed by atoms with Crippen LogP contribution >= 0.6 is 0 Å². The number of anilines is 2. The van der Waals surface area contributed by atoms with Crippen LogP contribution in [0, 0.1) is 17.6 Å². The van der Waals surface area contributed by atoms with Crippen LogP contribution in [0.4, 0.5) is 20.2 Å². The second kappa shape index (κ2) is 6.39. The number of amides is 2. The first-order valence-electron chi connectivity index (χ1n) is 7.58. The maximum atomic E-state index is 13.5. The molecule has 1 saturated carbocycles. The van der Waals surface area contributed by atoms with Crippen LogP contribution in [0.5, 0.6) is 0 Å². The lowest BCUT2D eigenvalue weighted by Gasteiger charge is -2.12. The molecule has 124 valence electrons. The number of benzene rings is 2. The number of carbonyl (C=O) groups excluding carboxylic acids is 2. The Labute approximate surface area is 137 Å². The summed E-state index contributed by atoms with van der Waals surface area (Å²) >= 11 is 0. The van der Waals surface area contributed by atoms with Crippen molar-refractivity contribution in [3.63, 3.8) is 0 Å². The molecular formula is C18H16F2N2O2. The predicted molar refractivity (Wildman–Crippen MR) is 86.6 cm³/mol. The van der Waals surface area contributed by atoms with Gasteiger partial charge in [-0.25, -0.2) is 8.78 Å². The van der Waals surface area contributed by atoms with Gasteiger partial charge in [0.2, 0.25) is 11.8 Å². The summed E-state index contributed by atoms with van der Waals surface area (Å²) < 4.78 is 26.8. The van der Waals surface area contributed by atoms with E-state index in [1.54, 1.807) is 0 Å². The maximum absolute atomic E-state index is 13.5. The normalized spacial score (nSPS) is 18.8. The number of rotatable bonds is 4. The molecule has 1 fully saturated rings. The van der Waals surface area contributed by atoms with Gasteiger partial charge in [0.05, 0.1) is 11.4 Å². The number of carbonyl (C=O) groups is 2.